The smallest absolute Gasteiger partial charge is 0.256 e. The van der Waals surface area contributed by atoms with Crippen molar-refractivity contribution in [2.75, 3.05) is 73.5 Å². The third kappa shape index (κ3) is 6.81. The molecule has 2 saturated heterocycles. The van der Waals surface area contributed by atoms with E-state index in [1.807, 2.05) is 14.1 Å². The highest BCUT2D eigenvalue weighted by molar-refractivity contribution is 6.20. The summed E-state index contributed by atoms with van der Waals surface area (Å²) in [4.78, 5) is 64.2. The van der Waals surface area contributed by atoms with Crippen LogP contribution in [-0.2, 0) is 14.3 Å². The maximum absolute atomic E-state index is 16.2. The second-order valence-electron chi connectivity index (χ2n) is 15.6. The van der Waals surface area contributed by atoms with Gasteiger partial charge in [0.2, 0.25) is 0 Å². The van der Waals surface area contributed by atoms with Crippen LogP contribution in [0, 0.1) is 17.8 Å². The molecule has 50 heavy (non-hydrogen) atoms. The van der Waals surface area contributed by atoms with Gasteiger partial charge in [0.1, 0.15) is 6.17 Å². The van der Waals surface area contributed by atoms with Gasteiger partial charge in [0.25, 0.3) is 5.91 Å². The SMILES string of the molecule is CN(C)CCCCNC1C(F)CC2C(=O)C(C(=O)NCCCN3CCN(C)CC3)=CN3C4CC5C(=O)c6ccccc6C(=O)C5CC4OC1C23. The molecule has 9 unspecified atom stereocenters. The Bertz CT molecular complexity index is 1500. The minimum absolute atomic E-state index is 0.00250. The highest BCUT2D eigenvalue weighted by Gasteiger charge is 2.61. The zero-order valence-electron chi connectivity index (χ0n) is 29.7. The van der Waals surface area contributed by atoms with E-state index in [0.29, 0.717) is 37.1 Å². The number of carbonyl (C=O) groups is 4. The Morgan fingerprint density at radius 2 is 1.60 bits per heavy atom. The van der Waals surface area contributed by atoms with Crippen LogP contribution in [-0.4, -0.2) is 153 Å². The molecule has 1 amide bonds. The molecule has 0 bridgehead atoms. The maximum Gasteiger partial charge on any atom is 0.256 e. The lowest BCUT2D eigenvalue weighted by molar-refractivity contribution is -0.202. The van der Waals surface area contributed by atoms with Crippen molar-refractivity contribution in [3.8, 4) is 0 Å². The number of likely N-dealkylation sites (N-methyl/N-ethyl adjacent to an activating group) is 1. The Hall–Kier alpha value is -3.03. The van der Waals surface area contributed by atoms with Gasteiger partial charge in [-0.1, -0.05) is 24.3 Å². The number of benzene rings is 1. The Morgan fingerprint density at radius 3 is 2.30 bits per heavy atom. The summed E-state index contributed by atoms with van der Waals surface area (Å²) in [6.07, 6.45) is 2.54. The summed E-state index contributed by atoms with van der Waals surface area (Å²) in [6.45, 7) is 6.89. The quantitative estimate of drug-likeness (QED) is 0.263. The Kier molecular flexibility index (Phi) is 10.5. The van der Waals surface area contributed by atoms with Gasteiger partial charge in [-0.25, -0.2) is 4.39 Å². The topological polar surface area (TPSA) is 115 Å². The largest absolute Gasteiger partial charge is 0.369 e. The number of halogens is 1. The molecule has 1 aromatic carbocycles. The lowest BCUT2D eigenvalue weighted by Gasteiger charge is -2.60. The first-order valence-electron chi connectivity index (χ1n) is 18.7. The van der Waals surface area contributed by atoms with Crippen molar-refractivity contribution in [1.82, 2.24) is 30.2 Å². The van der Waals surface area contributed by atoms with Crippen LogP contribution in [0.2, 0.25) is 0 Å². The number of nitrogens with one attached hydrogen (secondary N) is 2. The fourth-order valence-corrected chi connectivity index (χ4v) is 9.40. The fourth-order valence-electron chi connectivity index (χ4n) is 9.40. The molecule has 0 radical (unpaired) electrons. The van der Waals surface area contributed by atoms with Gasteiger partial charge in [0, 0.05) is 67.8 Å². The predicted molar refractivity (Wildman–Crippen MR) is 187 cm³/mol. The van der Waals surface area contributed by atoms with Crippen LogP contribution < -0.4 is 10.6 Å². The Labute approximate surface area is 294 Å². The number of Topliss-reactive ketones (excluding diaryl/α,β-unsaturated/α-hetero) is 3. The zero-order chi connectivity index (χ0) is 35.1. The average Bonchev–Trinajstić information content (AvgIpc) is 3.11. The minimum Gasteiger partial charge on any atom is -0.369 e. The van der Waals surface area contributed by atoms with E-state index in [9.17, 15) is 19.2 Å². The summed E-state index contributed by atoms with van der Waals surface area (Å²) in [5.74, 6) is -2.65. The van der Waals surface area contributed by atoms with Crippen LogP contribution in [0.15, 0.2) is 36.0 Å². The van der Waals surface area contributed by atoms with Gasteiger partial charge in [0.15, 0.2) is 17.3 Å². The molecule has 6 aliphatic rings. The van der Waals surface area contributed by atoms with Crippen molar-refractivity contribution in [2.24, 2.45) is 17.8 Å². The van der Waals surface area contributed by atoms with Gasteiger partial charge < -0.3 is 35.0 Å². The number of amides is 1. The number of ether oxygens (including phenoxy) is 1. The standard InChI is InChI=1S/C38H53FN6O5/c1-42(2)13-7-6-11-40-32-29(39)19-27-33-37(32)50-31-21-26-25(34(46)23-9-4-5-10-24(23)35(26)47)20-30(31)45(33)22-28(36(27)48)38(49)41-12-8-14-44-17-15-43(3)16-18-44/h4-5,9-10,22,25-27,29-33,37,40H,6-8,11-21H2,1-3H3,(H,41,49). The molecule has 272 valence electrons. The molecule has 3 heterocycles. The molecule has 9 atom stereocenters. The third-order valence-corrected chi connectivity index (χ3v) is 12.1. The molecular weight excluding hydrogens is 639 g/mol. The van der Waals surface area contributed by atoms with Gasteiger partial charge in [-0.05, 0) is 79.3 Å². The van der Waals surface area contributed by atoms with Gasteiger partial charge in [0.05, 0.1) is 35.9 Å². The number of ketones is 3. The number of hydrogen-bond donors (Lipinski definition) is 2. The van der Waals surface area contributed by atoms with Gasteiger partial charge >= 0.3 is 0 Å². The second kappa shape index (κ2) is 14.9. The molecule has 2 saturated carbocycles. The molecule has 0 aromatic heterocycles. The molecule has 0 spiro atoms. The molecule has 4 fully saturated rings. The average molecular weight is 693 g/mol. The number of piperazine rings is 1. The molecule has 3 aliphatic heterocycles. The van der Waals surface area contributed by atoms with Crippen LogP contribution in [0.25, 0.3) is 0 Å². The van der Waals surface area contributed by atoms with Crippen LogP contribution in [0.1, 0.15) is 59.2 Å². The molecule has 12 heteroatoms. The highest BCUT2D eigenvalue weighted by Crippen LogP contribution is 2.49. The van der Waals surface area contributed by atoms with Crippen molar-refractivity contribution in [3.05, 3.63) is 47.2 Å². The Balaban J connectivity index is 1.13. The van der Waals surface area contributed by atoms with Crippen molar-refractivity contribution in [1.29, 1.82) is 0 Å². The first kappa shape index (κ1) is 35.4. The number of morpholine rings is 1. The second-order valence-corrected chi connectivity index (χ2v) is 15.6. The van der Waals surface area contributed by atoms with E-state index in [-0.39, 0.29) is 35.4 Å². The van der Waals surface area contributed by atoms with E-state index in [1.165, 1.54) is 0 Å². The van der Waals surface area contributed by atoms with Crippen LogP contribution >= 0.6 is 0 Å². The summed E-state index contributed by atoms with van der Waals surface area (Å²) in [6, 6.07) is 5.59. The maximum atomic E-state index is 16.2. The predicted octanol–water partition coefficient (Wildman–Crippen LogP) is 1.78. The number of carbonyl (C=O) groups excluding carboxylic acids is 4. The molecular formula is C38H53FN6O5. The number of nitrogens with zero attached hydrogens (tertiary/aromatic N) is 4. The zero-order valence-corrected chi connectivity index (χ0v) is 29.7. The van der Waals surface area contributed by atoms with E-state index in [4.69, 9.17) is 4.74 Å². The normalized spacial score (nSPS) is 34.1. The van der Waals surface area contributed by atoms with E-state index in [1.54, 1.807) is 30.5 Å². The third-order valence-electron chi connectivity index (χ3n) is 12.1. The van der Waals surface area contributed by atoms with Crippen LogP contribution in [0.3, 0.4) is 0 Å². The van der Waals surface area contributed by atoms with Crippen molar-refractivity contribution in [3.63, 3.8) is 0 Å². The van der Waals surface area contributed by atoms with E-state index in [2.05, 4.69) is 37.3 Å². The van der Waals surface area contributed by atoms with Crippen molar-refractivity contribution in [2.45, 2.75) is 75.0 Å². The summed E-state index contributed by atoms with van der Waals surface area (Å²) < 4.78 is 23.0. The lowest BCUT2D eigenvalue weighted by Crippen LogP contribution is -2.73. The van der Waals surface area contributed by atoms with Gasteiger partial charge in [-0.15, -0.1) is 0 Å². The van der Waals surface area contributed by atoms with E-state index >= 15 is 4.39 Å². The molecule has 3 aliphatic carbocycles. The molecule has 1 aromatic rings. The number of alkyl halides is 1. The number of unbranched alkanes of at least 4 members (excludes halogenated alkanes) is 1. The summed E-state index contributed by atoms with van der Waals surface area (Å²) in [7, 11) is 6.18. The lowest BCUT2D eigenvalue weighted by atomic mass is 9.63. The summed E-state index contributed by atoms with van der Waals surface area (Å²) >= 11 is 0. The molecule has 2 N–H and O–H groups in total. The van der Waals surface area contributed by atoms with E-state index in [0.717, 1.165) is 58.5 Å². The number of hydrogen-bond acceptors (Lipinski definition) is 10. The highest BCUT2D eigenvalue weighted by atomic mass is 19.1. The monoisotopic (exact) mass is 692 g/mol. The first-order valence-corrected chi connectivity index (χ1v) is 18.7. The first-order chi connectivity index (χ1) is 24.1. The summed E-state index contributed by atoms with van der Waals surface area (Å²) in [5.41, 5.74) is 0.966. The van der Waals surface area contributed by atoms with Gasteiger partial charge in [-0.2, -0.15) is 0 Å². The number of rotatable bonds is 11. The van der Waals surface area contributed by atoms with Crippen molar-refractivity contribution >= 4 is 23.3 Å². The molecule has 11 nitrogen and oxygen atoms in total. The van der Waals surface area contributed by atoms with Crippen LogP contribution in [0.5, 0.6) is 0 Å². The number of fused-ring (bicyclic) bond motifs is 4. The fraction of sp³-hybridized carbons (Fsp3) is 0.684. The summed E-state index contributed by atoms with van der Waals surface area (Å²) in [5, 5.41) is 6.42. The van der Waals surface area contributed by atoms with Crippen LogP contribution in [0.4, 0.5) is 4.39 Å². The Morgan fingerprint density at radius 1 is 0.900 bits per heavy atom. The van der Waals surface area contributed by atoms with E-state index < -0.39 is 54.1 Å². The molecule has 7 rings (SSSR count). The van der Waals surface area contributed by atoms with Gasteiger partial charge in [-0.3, -0.25) is 19.2 Å². The minimum atomic E-state index is -1.34. The van der Waals surface area contributed by atoms with Crippen molar-refractivity contribution < 1.29 is 28.3 Å².